The molecule has 26 heavy (non-hydrogen) atoms. The van der Waals surface area contributed by atoms with E-state index < -0.39 is 33.4 Å². The Kier molecular flexibility index (Phi) is 6.25. The van der Waals surface area contributed by atoms with Gasteiger partial charge in [0.05, 0.1) is 11.9 Å². The van der Waals surface area contributed by atoms with Crippen LogP contribution in [0.2, 0.25) is 0 Å². The van der Waals surface area contributed by atoms with Gasteiger partial charge in [0.25, 0.3) is 0 Å². The molecule has 2 rings (SSSR count). The number of sulfonamides is 1. The van der Waals surface area contributed by atoms with E-state index in [-0.39, 0.29) is 25.2 Å². The summed E-state index contributed by atoms with van der Waals surface area (Å²) in [5, 5.41) is 2.48. The highest BCUT2D eigenvalue weighted by atomic mass is 32.2. The van der Waals surface area contributed by atoms with Crippen molar-refractivity contribution >= 4 is 21.6 Å². The van der Waals surface area contributed by atoms with Gasteiger partial charge in [0.2, 0.25) is 15.9 Å². The van der Waals surface area contributed by atoms with Crippen LogP contribution in [0.1, 0.15) is 12.0 Å². The molecular formula is C17H17F3N2O3S. The fourth-order valence-corrected chi connectivity index (χ4v) is 3.17. The Morgan fingerprint density at radius 3 is 2.35 bits per heavy atom. The molecule has 0 fully saturated rings. The molecule has 0 heterocycles. The van der Waals surface area contributed by atoms with Crippen molar-refractivity contribution in [1.29, 1.82) is 0 Å². The van der Waals surface area contributed by atoms with E-state index in [0.29, 0.717) is 5.56 Å². The van der Waals surface area contributed by atoms with Crippen molar-refractivity contribution in [1.82, 2.24) is 5.32 Å². The van der Waals surface area contributed by atoms with E-state index in [2.05, 4.69) is 5.32 Å². The van der Waals surface area contributed by atoms with E-state index in [4.69, 9.17) is 0 Å². The lowest BCUT2D eigenvalue weighted by Crippen LogP contribution is -2.34. The number of carbonyl (C=O) groups is 1. The van der Waals surface area contributed by atoms with Crippen molar-refractivity contribution in [3.63, 3.8) is 0 Å². The second-order valence-electron chi connectivity index (χ2n) is 5.55. The number of carbonyl (C=O) groups excluding carboxylic acids is 1. The Morgan fingerprint density at radius 2 is 1.73 bits per heavy atom. The molecule has 0 atom stereocenters. The number of amides is 1. The van der Waals surface area contributed by atoms with Gasteiger partial charge in [-0.15, -0.1) is 0 Å². The molecule has 0 aromatic heterocycles. The zero-order valence-electron chi connectivity index (χ0n) is 13.9. The Morgan fingerprint density at radius 1 is 1.04 bits per heavy atom. The lowest BCUT2D eigenvalue weighted by Gasteiger charge is -2.22. The topological polar surface area (TPSA) is 66.5 Å². The van der Waals surface area contributed by atoms with Crippen molar-refractivity contribution in [3.05, 3.63) is 65.5 Å². The molecule has 5 nitrogen and oxygen atoms in total. The molecular weight excluding hydrogens is 369 g/mol. The summed E-state index contributed by atoms with van der Waals surface area (Å²) >= 11 is 0. The van der Waals surface area contributed by atoms with Gasteiger partial charge in [-0.05, 0) is 18.2 Å². The third-order valence-corrected chi connectivity index (χ3v) is 4.76. The molecule has 1 amide bonds. The molecule has 0 saturated carbocycles. The number of halogens is 3. The predicted octanol–water partition coefficient (Wildman–Crippen LogP) is 2.58. The van der Waals surface area contributed by atoms with Gasteiger partial charge in [-0.1, -0.05) is 18.2 Å². The minimum atomic E-state index is -3.81. The van der Waals surface area contributed by atoms with Gasteiger partial charge in [-0.25, -0.2) is 21.6 Å². The van der Waals surface area contributed by atoms with Crippen LogP contribution >= 0.6 is 0 Å². The van der Waals surface area contributed by atoms with Crippen molar-refractivity contribution in [2.75, 3.05) is 17.1 Å². The predicted molar refractivity (Wildman–Crippen MR) is 91.4 cm³/mol. The molecule has 9 heteroatoms. The molecule has 0 bridgehead atoms. The van der Waals surface area contributed by atoms with E-state index in [1.165, 1.54) is 18.2 Å². The fraction of sp³-hybridized carbons (Fsp3) is 0.235. The van der Waals surface area contributed by atoms with Crippen molar-refractivity contribution in [3.8, 4) is 0 Å². The van der Waals surface area contributed by atoms with E-state index >= 15 is 0 Å². The number of anilines is 1. The summed E-state index contributed by atoms with van der Waals surface area (Å²) in [5.41, 5.74) is 0.203. The van der Waals surface area contributed by atoms with Crippen molar-refractivity contribution in [2.24, 2.45) is 0 Å². The first-order chi connectivity index (χ1) is 12.2. The van der Waals surface area contributed by atoms with Crippen molar-refractivity contribution < 1.29 is 26.4 Å². The smallest absolute Gasteiger partial charge is 0.232 e. The van der Waals surface area contributed by atoms with E-state index in [9.17, 15) is 26.4 Å². The third-order valence-electron chi connectivity index (χ3n) is 3.57. The van der Waals surface area contributed by atoms with Gasteiger partial charge in [-0.3, -0.25) is 9.10 Å². The Labute approximate surface area is 149 Å². The van der Waals surface area contributed by atoms with Gasteiger partial charge >= 0.3 is 0 Å². The first kappa shape index (κ1) is 19.8. The molecule has 0 aliphatic heterocycles. The number of hydrogen-bond donors (Lipinski definition) is 1. The molecule has 0 saturated heterocycles. The molecule has 0 aliphatic carbocycles. The van der Waals surface area contributed by atoms with Crippen LogP contribution in [0.25, 0.3) is 0 Å². The lowest BCUT2D eigenvalue weighted by atomic mass is 10.2. The Balaban J connectivity index is 2.02. The SMILES string of the molecule is CS(=O)(=O)N(CCC(=O)NCc1ccccc1F)c1ccc(F)c(F)c1. The summed E-state index contributed by atoms with van der Waals surface area (Å²) < 4.78 is 64.5. The zero-order chi connectivity index (χ0) is 19.3. The largest absolute Gasteiger partial charge is 0.352 e. The maximum atomic E-state index is 13.5. The standard InChI is InChI=1S/C17H17F3N2O3S/c1-26(24,25)22(13-6-7-15(19)16(20)10-13)9-8-17(23)21-11-12-4-2-3-5-14(12)18/h2-7,10H,8-9,11H2,1H3,(H,21,23). The molecule has 0 aliphatic rings. The first-order valence-corrected chi connectivity index (χ1v) is 9.46. The maximum absolute atomic E-state index is 13.5. The van der Waals surface area contributed by atoms with Crippen LogP contribution in [0.4, 0.5) is 18.9 Å². The van der Waals surface area contributed by atoms with Crippen molar-refractivity contribution in [2.45, 2.75) is 13.0 Å². The Hall–Kier alpha value is -2.55. The van der Waals surface area contributed by atoms with Gasteiger partial charge in [0.1, 0.15) is 5.82 Å². The van der Waals surface area contributed by atoms with Gasteiger partial charge in [-0.2, -0.15) is 0 Å². The zero-order valence-corrected chi connectivity index (χ0v) is 14.7. The van der Waals surface area contributed by atoms with Crippen LogP contribution in [0.5, 0.6) is 0 Å². The lowest BCUT2D eigenvalue weighted by molar-refractivity contribution is -0.121. The summed E-state index contributed by atoms with van der Waals surface area (Å²) in [6, 6.07) is 8.58. The summed E-state index contributed by atoms with van der Waals surface area (Å²) in [4.78, 5) is 11.9. The molecule has 2 aromatic rings. The van der Waals surface area contributed by atoms with E-state index in [0.717, 1.165) is 28.8 Å². The second-order valence-corrected chi connectivity index (χ2v) is 7.46. The molecule has 0 radical (unpaired) electrons. The highest BCUT2D eigenvalue weighted by Gasteiger charge is 2.20. The van der Waals surface area contributed by atoms with Crippen LogP contribution in [0, 0.1) is 17.5 Å². The quantitative estimate of drug-likeness (QED) is 0.795. The fourth-order valence-electron chi connectivity index (χ4n) is 2.25. The molecule has 0 unspecified atom stereocenters. The van der Waals surface area contributed by atoms with Gasteiger partial charge in [0.15, 0.2) is 11.6 Å². The van der Waals surface area contributed by atoms with E-state index in [1.54, 1.807) is 6.07 Å². The molecule has 2 aromatic carbocycles. The Bertz CT molecular complexity index is 904. The highest BCUT2D eigenvalue weighted by Crippen LogP contribution is 2.20. The number of nitrogens with one attached hydrogen (secondary N) is 1. The molecule has 140 valence electrons. The summed E-state index contributed by atoms with van der Waals surface area (Å²) in [6.07, 6.45) is 0.659. The minimum absolute atomic E-state index is 0.0461. The number of benzene rings is 2. The van der Waals surface area contributed by atoms with Crippen LogP contribution < -0.4 is 9.62 Å². The number of nitrogens with zero attached hydrogens (tertiary/aromatic N) is 1. The number of rotatable bonds is 7. The van der Waals surface area contributed by atoms with Gasteiger partial charge in [0, 0.05) is 31.1 Å². The minimum Gasteiger partial charge on any atom is -0.352 e. The monoisotopic (exact) mass is 386 g/mol. The summed E-state index contributed by atoms with van der Waals surface area (Å²) in [5.74, 6) is -3.28. The third kappa shape index (κ3) is 5.22. The number of hydrogen-bond acceptors (Lipinski definition) is 3. The summed E-state index contributed by atoms with van der Waals surface area (Å²) in [6.45, 7) is -0.317. The maximum Gasteiger partial charge on any atom is 0.232 e. The molecule has 1 N–H and O–H groups in total. The second kappa shape index (κ2) is 8.22. The average molecular weight is 386 g/mol. The molecule has 0 spiro atoms. The van der Waals surface area contributed by atoms with Crippen LogP contribution in [0.3, 0.4) is 0 Å². The van der Waals surface area contributed by atoms with Crippen LogP contribution in [-0.4, -0.2) is 27.1 Å². The first-order valence-electron chi connectivity index (χ1n) is 7.61. The van der Waals surface area contributed by atoms with Gasteiger partial charge < -0.3 is 5.32 Å². The van der Waals surface area contributed by atoms with Crippen LogP contribution in [0.15, 0.2) is 42.5 Å². The average Bonchev–Trinajstić information content (AvgIpc) is 2.56. The van der Waals surface area contributed by atoms with E-state index in [1.807, 2.05) is 0 Å². The normalized spacial score (nSPS) is 11.2. The summed E-state index contributed by atoms with van der Waals surface area (Å²) in [7, 11) is -3.81. The highest BCUT2D eigenvalue weighted by molar-refractivity contribution is 7.92. The van der Waals surface area contributed by atoms with Crippen LogP contribution in [-0.2, 0) is 21.4 Å².